The molecular formula is C13H18N4O2. The second-order valence-corrected chi connectivity index (χ2v) is 4.52. The van der Waals surface area contributed by atoms with Gasteiger partial charge in [-0.15, -0.1) is 0 Å². The molecule has 102 valence electrons. The van der Waals surface area contributed by atoms with Crippen LogP contribution in [0, 0.1) is 0 Å². The molecule has 6 heteroatoms. The second-order valence-electron chi connectivity index (χ2n) is 4.52. The van der Waals surface area contributed by atoms with E-state index in [1.54, 1.807) is 14.2 Å². The van der Waals surface area contributed by atoms with Crippen molar-refractivity contribution in [1.29, 1.82) is 0 Å². The Morgan fingerprint density at radius 1 is 1.11 bits per heavy atom. The number of piperazine rings is 1. The predicted octanol–water partition coefficient (Wildman–Crippen LogP) is 0.990. The molecule has 19 heavy (non-hydrogen) atoms. The smallest absolute Gasteiger partial charge is 0.203 e. The highest BCUT2D eigenvalue weighted by molar-refractivity contribution is 5.81. The zero-order chi connectivity index (χ0) is 13.2. The molecule has 0 saturated carbocycles. The first-order valence-electron chi connectivity index (χ1n) is 6.39. The lowest BCUT2D eigenvalue weighted by molar-refractivity contribution is 0.356. The molecule has 0 spiro atoms. The Labute approximate surface area is 111 Å². The van der Waals surface area contributed by atoms with Crippen molar-refractivity contribution < 1.29 is 9.47 Å². The zero-order valence-electron chi connectivity index (χ0n) is 11.2. The molecule has 1 aliphatic heterocycles. The van der Waals surface area contributed by atoms with E-state index in [-0.39, 0.29) is 0 Å². The first kappa shape index (κ1) is 12.1. The number of ether oxygens (including phenoxy) is 2. The van der Waals surface area contributed by atoms with E-state index in [1.165, 1.54) is 0 Å². The van der Waals surface area contributed by atoms with Gasteiger partial charge < -0.3 is 24.7 Å². The number of fused-ring (bicyclic) bond motifs is 1. The SMILES string of the molecule is COc1cc2nc(N3CCNCC3)[nH]c2cc1OC. The summed E-state index contributed by atoms with van der Waals surface area (Å²) < 4.78 is 10.6. The normalized spacial score (nSPS) is 15.8. The van der Waals surface area contributed by atoms with Crippen LogP contribution in [-0.2, 0) is 0 Å². The number of benzene rings is 1. The minimum Gasteiger partial charge on any atom is -0.493 e. The topological polar surface area (TPSA) is 62.4 Å². The first-order chi connectivity index (χ1) is 9.31. The summed E-state index contributed by atoms with van der Waals surface area (Å²) in [5.74, 6) is 2.32. The molecule has 0 aliphatic carbocycles. The molecule has 6 nitrogen and oxygen atoms in total. The third kappa shape index (κ3) is 2.19. The molecule has 1 aliphatic rings. The van der Waals surface area contributed by atoms with Crippen molar-refractivity contribution in [1.82, 2.24) is 15.3 Å². The van der Waals surface area contributed by atoms with Crippen LogP contribution >= 0.6 is 0 Å². The van der Waals surface area contributed by atoms with Gasteiger partial charge in [-0.1, -0.05) is 0 Å². The molecule has 1 saturated heterocycles. The molecule has 0 radical (unpaired) electrons. The number of nitrogens with zero attached hydrogens (tertiary/aromatic N) is 2. The molecule has 1 aromatic carbocycles. The zero-order valence-corrected chi connectivity index (χ0v) is 11.2. The molecule has 3 rings (SSSR count). The van der Waals surface area contributed by atoms with Crippen LogP contribution < -0.4 is 19.7 Å². The van der Waals surface area contributed by atoms with Crippen LogP contribution in [0.25, 0.3) is 11.0 Å². The van der Waals surface area contributed by atoms with Gasteiger partial charge in [0.15, 0.2) is 11.5 Å². The predicted molar refractivity (Wildman–Crippen MR) is 74.3 cm³/mol. The summed E-state index contributed by atoms with van der Waals surface area (Å²) in [6, 6.07) is 3.82. The van der Waals surface area contributed by atoms with Crippen LogP contribution in [0.15, 0.2) is 12.1 Å². The lowest BCUT2D eigenvalue weighted by atomic mass is 10.3. The standard InChI is InChI=1S/C13H18N4O2/c1-18-11-7-9-10(8-12(11)19-2)16-13(15-9)17-5-3-14-4-6-17/h7-8,14H,3-6H2,1-2H3,(H,15,16). The molecule has 1 fully saturated rings. The Bertz CT molecular complexity index is 534. The summed E-state index contributed by atoms with van der Waals surface area (Å²) in [5.41, 5.74) is 1.86. The number of hydrogen-bond donors (Lipinski definition) is 2. The monoisotopic (exact) mass is 262 g/mol. The van der Waals surface area contributed by atoms with Crippen LogP contribution in [0.4, 0.5) is 5.95 Å². The van der Waals surface area contributed by atoms with E-state index in [0.717, 1.165) is 43.2 Å². The third-order valence-electron chi connectivity index (χ3n) is 3.39. The summed E-state index contributed by atoms with van der Waals surface area (Å²) >= 11 is 0. The number of H-pyrrole nitrogens is 1. The van der Waals surface area contributed by atoms with Gasteiger partial charge in [-0.2, -0.15) is 0 Å². The number of methoxy groups -OCH3 is 2. The van der Waals surface area contributed by atoms with Gasteiger partial charge in [-0.05, 0) is 0 Å². The minimum atomic E-state index is 0.702. The second kappa shape index (κ2) is 4.97. The van der Waals surface area contributed by atoms with Crippen LogP contribution in [0.1, 0.15) is 0 Å². The maximum Gasteiger partial charge on any atom is 0.203 e. The van der Waals surface area contributed by atoms with Crippen molar-refractivity contribution in [3.63, 3.8) is 0 Å². The summed E-state index contributed by atoms with van der Waals surface area (Å²) in [7, 11) is 3.27. The Balaban J connectivity index is 1.99. The van der Waals surface area contributed by atoms with Gasteiger partial charge in [0.2, 0.25) is 5.95 Å². The van der Waals surface area contributed by atoms with Crippen molar-refractivity contribution in [2.45, 2.75) is 0 Å². The van der Waals surface area contributed by atoms with Gasteiger partial charge >= 0.3 is 0 Å². The quantitative estimate of drug-likeness (QED) is 0.863. The van der Waals surface area contributed by atoms with Gasteiger partial charge in [0.05, 0.1) is 25.3 Å². The highest BCUT2D eigenvalue weighted by Gasteiger charge is 2.15. The van der Waals surface area contributed by atoms with Gasteiger partial charge in [0.1, 0.15) is 0 Å². The minimum absolute atomic E-state index is 0.702. The average Bonchev–Trinajstić information content (AvgIpc) is 2.89. The molecule has 0 atom stereocenters. The lowest BCUT2D eigenvalue weighted by Crippen LogP contribution is -2.44. The fraction of sp³-hybridized carbons (Fsp3) is 0.462. The maximum atomic E-state index is 5.30. The summed E-state index contributed by atoms with van der Waals surface area (Å²) in [5, 5.41) is 3.33. The van der Waals surface area contributed by atoms with Crippen LogP contribution in [0.2, 0.25) is 0 Å². The number of aromatic amines is 1. The molecule has 0 bridgehead atoms. The number of imidazole rings is 1. The van der Waals surface area contributed by atoms with Crippen molar-refractivity contribution in [2.75, 3.05) is 45.3 Å². The van der Waals surface area contributed by atoms with Crippen molar-refractivity contribution >= 4 is 17.0 Å². The number of hydrogen-bond acceptors (Lipinski definition) is 5. The van der Waals surface area contributed by atoms with E-state index in [0.29, 0.717) is 11.5 Å². The Hall–Kier alpha value is -1.95. The Morgan fingerprint density at radius 3 is 2.47 bits per heavy atom. The highest BCUT2D eigenvalue weighted by Crippen LogP contribution is 2.32. The molecule has 1 aromatic heterocycles. The van der Waals surface area contributed by atoms with Crippen molar-refractivity contribution in [3.05, 3.63) is 12.1 Å². The molecule has 2 N–H and O–H groups in total. The molecule has 2 heterocycles. The Kier molecular flexibility index (Phi) is 3.16. The molecule has 0 amide bonds. The van der Waals surface area contributed by atoms with E-state index in [1.807, 2.05) is 12.1 Å². The Morgan fingerprint density at radius 2 is 1.79 bits per heavy atom. The van der Waals surface area contributed by atoms with E-state index in [2.05, 4.69) is 20.2 Å². The third-order valence-corrected chi connectivity index (χ3v) is 3.39. The number of anilines is 1. The number of nitrogens with one attached hydrogen (secondary N) is 2. The summed E-state index contributed by atoms with van der Waals surface area (Å²) in [4.78, 5) is 10.2. The van der Waals surface area contributed by atoms with E-state index in [4.69, 9.17) is 9.47 Å². The van der Waals surface area contributed by atoms with Crippen molar-refractivity contribution in [3.8, 4) is 11.5 Å². The number of rotatable bonds is 3. The fourth-order valence-electron chi connectivity index (χ4n) is 2.35. The molecular weight excluding hydrogens is 244 g/mol. The summed E-state index contributed by atoms with van der Waals surface area (Å²) in [6.07, 6.45) is 0. The molecule has 0 unspecified atom stereocenters. The van der Waals surface area contributed by atoms with Crippen LogP contribution in [-0.4, -0.2) is 50.4 Å². The van der Waals surface area contributed by atoms with Gasteiger partial charge in [0.25, 0.3) is 0 Å². The number of aromatic nitrogens is 2. The van der Waals surface area contributed by atoms with Gasteiger partial charge in [0, 0.05) is 38.3 Å². The highest BCUT2D eigenvalue weighted by atomic mass is 16.5. The average molecular weight is 262 g/mol. The summed E-state index contributed by atoms with van der Waals surface area (Å²) in [6.45, 7) is 3.91. The molecule has 2 aromatic rings. The van der Waals surface area contributed by atoms with Gasteiger partial charge in [-0.25, -0.2) is 4.98 Å². The first-order valence-corrected chi connectivity index (χ1v) is 6.39. The van der Waals surface area contributed by atoms with Crippen molar-refractivity contribution in [2.24, 2.45) is 0 Å². The van der Waals surface area contributed by atoms with E-state index >= 15 is 0 Å². The maximum absolute atomic E-state index is 5.30. The van der Waals surface area contributed by atoms with E-state index < -0.39 is 0 Å². The fourth-order valence-corrected chi connectivity index (χ4v) is 2.35. The lowest BCUT2D eigenvalue weighted by Gasteiger charge is -2.26. The van der Waals surface area contributed by atoms with Crippen LogP contribution in [0.5, 0.6) is 11.5 Å². The largest absolute Gasteiger partial charge is 0.493 e. The van der Waals surface area contributed by atoms with Gasteiger partial charge in [-0.3, -0.25) is 0 Å². The van der Waals surface area contributed by atoms with Crippen LogP contribution in [0.3, 0.4) is 0 Å². The van der Waals surface area contributed by atoms with E-state index in [9.17, 15) is 0 Å².